The second-order valence-corrected chi connectivity index (χ2v) is 10.0. The van der Waals surface area contributed by atoms with E-state index in [1.165, 1.54) is 35.2 Å². The second kappa shape index (κ2) is 9.35. The number of carbonyl (C=O) groups is 1. The van der Waals surface area contributed by atoms with Crippen LogP contribution in [-0.4, -0.2) is 35.8 Å². The fourth-order valence-electron chi connectivity index (χ4n) is 3.44. The number of rotatable bonds is 8. The Morgan fingerprint density at radius 3 is 2.74 bits per heavy atom. The van der Waals surface area contributed by atoms with E-state index in [0.717, 1.165) is 24.4 Å². The molecule has 1 aliphatic rings. The number of nitrogens with one attached hydrogen (secondary N) is 1. The predicted molar refractivity (Wildman–Crippen MR) is 131 cm³/mol. The van der Waals surface area contributed by atoms with Crippen LogP contribution in [0.2, 0.25) is 0 Å². The Hall–Kier alpha value is -3.57. The van der Waals surface area contributed by atoms with Gasteiger partial charge in [0.05, 0.1) is 15.9 Å². The number of benzene rings is 2. The van der Waals surface area contributed by atoms with Gasteiger partial charge in [0.2, 0.25) is 5.91 Å². The summed E-state index contributed by atoms with van der Waals surface area (Å²) in [7, 11) is 0. The summed E-state index contributed by atoms with van der Waals surface area (Å²) in [6, 6.07) is 16.2. The zero-order chi connectivity index (χ0) is 23.7. The van der Waals surface area contributed by atoms with Crippen LogP contribution in [0.15, 0.2) is 65.1 Å². The summed E-state index contributed by atoms with van der Waals surface area (Å²) < 4.78 is 2.04. The molecule has 2 aromatic carbocycles. The van der Waals surface area contributed by atoms with Gasteiger partial charge in [0, 0.05) is 34.7 Å². The van der Waals surface area contributed by atoms with Gasteiger partial charge >= 0.3 is 0 Å². The van der Waals surface area contributed by atoms with E-state index >= 15 is 0 Å². The standard InChI is InChI=1S/C23H20N6O3S2/c1-14(34-23-27-26-20(15-10-11-15)28(23)17-7-3-2-4-8-17)21(30)25-22-24-19(13-33-22)16-6-5-9-18(12-16)29(31)32/h2-9,12-15H,10-11H2,1H3,(H,24,25,30). The Labute approximate surface area is 203 Å². The normalized spacial score (nSPS) is 14.0. The first-order chi connectivity index (χ1) is 16.5. The summed E-state index contributed by atoms with van der Waals surface area (Å²) >= 11 is 2.62. The number of anilines is 1. The highest BCUT2D eigenvalue weighted by Crippen LogP contribution is 2.41. The first kappa shape index (κ1) is 22.2. The van der Waals surface area contributed by atoms with E-state index in [-0.39, 0.29) is 11.6 Å². The summed E-state index contributed by atoms with van der Waals surface area (Å²) in [4.78, 5) is 27.9. The molecule has 2 aromatic heterocycles. The molecule has 0 saturated heterocycles. The summed E-state index contributed by atoms with van der Waals surface area (Å²) in [6.07, 6.45) is 2.20. The number of nitro groups is 1. The van der Waals surface area contributed by atoms with Crippen molar-refractivity contribution in [2.75, 3.05) is 5.32 Å². The smallest absolute Gasteiger partial charge is 0.270 e. The molecule has 0 bridgehead atoms. The van der Waals surface area contributed by atoms with Gasteiger partial charge in [-0.15, -0.1) is 21.5 Å². The average molecular weight is 493 g/mol. The number of nitrogens with zero attached hydrogens (tertiary/aromatic N) is 5. The van der Waals surface area contributed by atoms with Gasteiger partial charge in [-0.05, 0) is 31.9 Å². The zero-order valence-electron chi connectivity index (χ0n) is 18.1. The Kier molecular flexibility index (Phi) is 6.12. The SMILES string of the molecule is CC(Sc1nnc(C2CC2)n1-c1ccccc1)C(=O)Nc1nc(-c2cccc([N+](=O)[O-])c2)cs1. The Morgan fingerprint density at radius 1 is 1.21 bits per heavy atom. The minimum absolute atomic E-state index is 0.00537. The van der Waals surface area contributed by atoms with Crippen molar-refractivity contribution in [1.29, 1.82) is 0 Å². The van der Waals surface area contributed by atoms with Gasteiger partial charge in [-0.3, -0.25) is 19.5 Å². The summed E-state index contributed by atoms with van der Waals surface area (Å²) in [5.41, 5.74) is 2.17. The summed E-state index contributed by atoms with van der Waals surface area (Å²) in [6.45, 7) is 1.82. The number of hydrogen-bond donors (Lipinski definition) is 1. The molecule has 5 rings (SSSR count). The van der Waals surface area contributed by atoms with Crippen LogP contribution in [0.5, 0.6) is 0 Å². The maximum absolute atomic E-state index is 12.9. The largest absolute Gasteiger partial charge is 0.301 e. The molecule has 0 radical (unpaired) electrons. The number of hydrogen-bond acceptors (Lipinski definition) is 8. The van der Waals surface area contributed by atoms with Crippen LogP contribution in [-0.2, 0) is 4.79 Å². The third kappa shape index (κ3) is 4.70. The monoisotopic (exact) mass is 492 g/mol. The van der Waals surface area contributed by atoms with Crippen LogP contribution in [0.1, 0.15) is 31.5 Å². The molecule has 2 heterocycles. The molecule has 0 aliphatic heterocycles. The molecule has 1 fully saturated rings. The van der Waals surface area contributed by atoms with Gasteiger partial charge in [0.1, 0.15) is 5.82 Å². The van der Waals surface area contributed by atoms with Gasteiger partial charge in [-0.1, -0.05) is 42.1 Å². The van der Waals surface area contributed by atoms with Gasteiger partial charge in [-0.2, -0.15) is 0 Å². The van der Waals surface area contributed by atoms with Crippen LogP contribution in [0.4, 0.5) is 10.8 Å². The van der Waals surface area contributed by atoms with E-state index in [2.05, 4.69) is 20.5 Å². The van der Waals surface area contributed by atoms with Crippen LogP contribution in [0.25, 0.3) is 16.9 Å². The highest BCUT2D eigenvalue weighted by Gasteiger charge is 2.32. The van der Waals surface area contributed by atoms with Crippen LogP contribution < -0.4 is 5.32 Å². The van der Waals surface area contributed by atoms with Crippen molar-refractivity contribution in [2.24, 2.45) is 0 Å². The average Bonchev–Trinajstić information content (AvgIpc) is 3.45. The van der Waals surface area contributed by atoms with E-state index in [4.69, 9.17) is 0 Å². The molecule has 1 unspecified atom stereocenters. The number of para-hydroxylation sites is 1. The Balaban J connectivity index is 1.30. The van der Waals surface area contributed by atoms with Crippen molar-refractivity contribution in [3.8, 4) is 16.9 Å². The second-order valence-electron chi connectivity index (χ2n) is 7.88. The molecule has 11 heteroatoms. The molecule has 0 spiro atoms. The van der Waals surface area contributed by atoms with E-state index in [0.29, 0.717) is 27.5 Å². The van der Waals surface area contributed by atoms with Gasteiger partial charge < -0.3 is 5.32 Å². The fraction of sp³-hybridized carbons (Fsp3) is 0.217. The van der Waals surface area contributed by atoms with E-state index < -0.39 is 10.2 Å². The maximum atomic E-state index is 12.9. The number of aromatic nitrogens is 4. The van der Waals surface area contributed by atoms with Crippen molar-refractivity contribution in [1.82, 2.24) is 19.7 Å². The number of non-ortho nitro benzene ring substituents is 1. The fourth-order valence-corrected chi connectivity index (χ4v) is 5.04. The minimum atomic E-state index is -0.444. The van der Waals surface area contributed by atoms with Gasteiger partial charge in [0.25, 0.3) is 5.69 Å². The van der Waals surface area contributed by atoms with E-state index in [1.807, 2.05) is 41.8 Å². The zero-order valence-corrected chi connectivity index (χ0v) is 19.8. The topological polar surface area (TPSA) is 116 Å². The van der Waals surface area contributed by atoms with Gasteiger partial charge in [0.15, 0.2) is 10.3 Å². The third-order valence-corrected chi connectivity index (χ3v) is 7.15. The van der Waals surface area contributed by atoms with Crippen molar-refractivity contribution in [3.63, 3.8) is 0 Å². The molecule has 1 N–H and O–H groups in total. The molecule has 1 saturated carbocycles. The lowest BCUT2D eigenvalue weighted by molar-refractivity contribution is -0.384. The number of carbonyl (C=O) groups excluding carboxylic acids is 1. The highest BCUT2D eigenvalue weighted by atomic mass is 32.2. The quantitative estimate of drug-likeness (QED) is 0.202. The van der Waals surface area contributed by atoms with Crippen LogP contribution >= 0.6 is 23.1 Å². The molecular weight excluding hydrogens is 472 g/mol. The van der Waals surface area contributed by atoms with Crippen molar-refractivity contribution in [2.45, 2.75) is 36.1 Å². The van der Waals surface area contributed by atoms with E-state index in [1.54, 1.807) is 17.5 Å². The van der Waals surface area contributed by atoms with Crippen LogP contribution in [0.3, 0.4) is 0 Å². The molecule has 1 amide bonds. The van der Waals surface area contributed by atoms with Crippen molar-refractivity contribution < 1.29 is 9.72 Å². The molecule has 172 valence electrons. The predicted octanol–water partition coefficient (Wildman–Crippen LogP) is 5.30. The first-order valence-corrected chi connectivity index (χ1v) is 12.4. The third-order valence-electron chi connectivity index (χ3n) is 5.35. The lowest BCUT2D eigenvalue weighted by atomic mass is 10.1. The molecule has 1 aliphatic carbocycles. The number of thioether (sulfide) groups is 1. The van der Waals surface area contributed by atoms with Crippen molar-refractivity contribution in [3.05, 3.63) is 75.9 Å². The Morgan fingerprint density at radius 2 is 2.00 bits per heavy atom. The van der Waals surface area contributed by atoms with Crippen molar-refractivity contribution >= 4 is 39.8 Å². The lowest BCUT2D eigenvalue weighted by Crippen LogP contribution is -2.22. The Bertz CT molecular complexity index is 1350. The summed E-state index contributed by atoms with van der Waals surface area (Å²) in [5.74, 6) is 1.14. The molecule has 1 atom stereocenters. The number of thiazole rings is 1. The molecule has 9 nitrogen and oxygen atoms in total. The van der Waals surface area contributed by atoms with Gasteiger partial charge in [-0.25, -0.2) is 4.98 Å². The minimum Gasteiger partial charge on any atom is -0.301 e. The molecule has 34 heavy (non-hydrogen) atoms. The first-order valence-electron chi connectivity index (χ1n) is 10.7. The maximum Gasteiger partial charge on any atom is 0.270 e. The molecule has 4 aromatic rings. The number of amides is 1. The van der Waals surface area contributed by atoms with E-state index in [9.17, 15) is 14.9 Å². The van der Waals surface area contributed by atoms with Crippen LogP contribution in [0, 0.1) is 10.1 Å². The molecular formula is C23H20N6O3S2. The lowest BCUT2D eigenvalue weighted by Gasteiger charge is -2.13. The highest BCUT2D eigenvalue weighted by molar-refractivity contribution is 8.00. The number of nitro benzene ring substituents is 1. The summed E-state index contributed by atoms with van der Waals surface area (Å²) in [5, 5.41) is 25.1.